The second kappa shape index (κ2) is 9.62. The van der Waals surface area contributed by atoms with Crippen LogP contribution in [0.4, 0.5) is 11.5 Å². The summed E-state index contributed by atoms with van der Waals surface area (Å²) in [5.74, 6) is 1.30. The lowest BCUT2D eigenvalue weighted by molar-refractivity contribution is -0.114. The van der Waals surface area contributed by atoms with Crippen LogP contribution in [0.15, 0.2) is 39.9 Å². The minimum absolute atomic E-state index is 0.109. The van der Waals surface area contributed by atoms with Crippen LogP contribution in [-0.2, 0) is 18.9 Å². The molecule has 3 rings (SSSR count). The third-order valence-electron chi connectivity index (χ3n) is 5.24. The zero-order chi connectivity index (χ0) is 21.7. The molecule has 1 aliphatic rings. The Balaban J connectivity index is 1.44. The predicted octanol–water partition coefficient (Wildman–Crippen LogP) is 0.634. The quantitative estimate of drug-likeness (QED) is 0.668. The fourth-order valence-corrected chi connectivity index (χ4v) is 3.57. The minimum atomic E-state index is -0.306. The zero-order valence-electron chi connectivity index (χ0n) is 17.8. The summed E-state index contributed by atoms with van der Waals surface area (Å²) in [5.41, 5.74) is 0.135. The lowest BCUT2D eigenvalue weighted by atomic mass is 10.2. The highest BCUT2D eigenvalue weighted by atomic mass is 16.5. The molecule has 2 heterocycles. The molecule has 0 saturated carbocycles. The van der Waals surface area contributed by atoms with Crippen LogP contribution < -0.4 is 26.2 Å². The first-order valence-electron chi connectivity index (χ1n) is 10.1. The Labute approximate surface area is 175 Å². The van der Waals surface area contributed by atoms with Crippen LogP contribution in [-0.4, -0.2) is 59.3 Å². The number of benzene rings is 1. The molecule has 1 aromatic heterocycles. The number of ether oxygens (including phenoxy) is 1. The molecule has 9 nitrogen and oxygen atoms in total. The number of aromatic nitrogens is 2. The van der Waals surface area contributed by atoms with E-state index in [4.69, 9.17) is 4.74 Å². The molecular weight excluding hydrogens is 386 g/mol. The van der Waals surface area contributed by atoms with Gasteiger partial charge in [0.15, 0.2) is 0 Å². The molecule has 30 heavy (non-hydrogen) atoms. The number of amides is 1. The average molecular weight is 415 g/mol. The van der Waals surface area contributed by atoms with Crippen LogP contribution >= 0.6 is 0 Å². The van der Waals surface area contributed by atoms with Crippen molar-refractivity contribution in [1.29, 1.82) is 0 Å². The highest BCUT2D eigenvalue weighted by Gasteiger charge is 2.20. The molecule has 9 heteroatoms. The van der Waals surface area contributed by atoms with Gasteiger partial charge in [-0.05, 0) is 18.6 Å². The summed E-state index contributed by atoms with van der Waals surface area (Å²) in [4.78, 5) is 39.7. The Kier molecular flexibility index (Phi) is 6.94. The first-order valence-corrected chi connectivity index (χ1v) is 10.1. The van der Waals surface area contributed by atoms with Crippen molar-refractivity contribution in [2.24, 2.45) is 14.1 Å². The number of carbonyl (C=O) groups excluding carboxylic acids is 1. The number of rotatable bonds is 7. The second-order valence-corrected chi connectivity index (χ2v) is 7.48. The Morgan fingerprint density at radius 2 is 1.80 bits per heavy atom. The van der Waals surface area contributed by atoms with Crippen LogP contribution in [0, 0.1) is 0 Å². The first kappa shape index (κ1) is 21.6. The number of piperazine rings is 1. The number of hydrogen-bond acceptors (Lipinski definition) is 6. The summed E-state index contributed by atoms with van der Waals surface area (Å²) < 4.78 is 8.44. The van der Waals surface area contributed by atoms with Crippen LogP contribution in [0.2, 0.25) is 0 Å². The molecular formula is C21H29N5O4. The van der Waals surface area contributed by atoms with Gasteiger partial charge in [0, 0.05) is 71.6 Å². The molecule has 1 saturated heterocycles. The smallest absolute Gasteiger partial charge is 0.332 e. The van der Waals surface area contributed by atoms with Crippen LogP contribution in [0.25, 0.3) is 0 Å². The van der Waals surface area contributed by atoms with Gasteiger partial charge in [0.1, 0.15) is 11.6 Å². The molecule has 0 atom stereocenters. The highest BCUT2D eigenvalue weighted by molar-refractivity contribution is 5.88. The Morgan fingerprint density at radius 3 is 2.50 bits per heavy atom. The maximum absolute atomic E-state index is 12.1. The van der Waals surface area contributed by atoms with E-state index in [-0.39, 0.29) is 17.2 Å². The van der Waals surface area contributed by atoms with Gasteiger partial charge in [-0.15, -0.1) is 0 Å². The van der Waals surface area contributed by atoms with E-state index in [1.165, 1.54) is 24.6 Å². The van der Waals surface area contributed by atoms with Gasteiger partial charge in [-0.25, -0.2) is 4.79 Å². The van der Waals surface area contributed by atoms with Gasteiger partial charge in [-0.2, -0.15) is 0 Å². The largest absolute Gasteiger partial charge is 0.493 e. The molecule has 2 aromatic rings. The second-order valence-electron chi connectivity index (χ2n) is 7.48. The van der Waals surface area contributed by atoms with Gasteiger partial charge in [-0.1, -0.05) is 6.07 Å². The van der Waals surface area contributed by atoms with E-state index >= 15 is 0 Å². The maximum atomic E-state index is 12.1. The van der Waals surface area contributed by atoms with Crippen molar-refractivity contribution in [3.63, 3.8) is 0 Å². The summed E-state index contributed by atoms with van der Waals surface area (Å²) in [6.45, 7) is 6.23. The monoisotopic (exact) mass is 415 g/mol. The summed E-state index contributed by atoms with van der Waals surface area (Å²) in [7, 11) is 3.19. The third-order valence-corrected chi connectivity index (χ3v) is 5.24. The Morgan fingerprint density at radius 1 is 1.07 bits per heavy atom. The molecule has 0 spiro atoms. The van der Waals surface area contributed by atoms with Crippen LogP contribution in [0.1, 0.15) is 13.3 Å². The van der Waals surface area contributed by atoms with E-state index < -0.39 is 0 Å². The summed E-state index contributed by atoms with van der Waals surface area (Å²) >= 11 is 0. The van der Waals surface area contributed by atoms with Crippen LogP contribution in [0.5, 0.6) is 5.75 Å². The third kappa shape index (κ3) is 5.29. The van der Waals surface area contributed by atoms with E-state index in [0.29, 0.717) is 12.4 Å². The van der Waals surface area contributed by atoms with E-state index in [9.17, 15) is 14.4 Å². The standard InChI is InChI=1S/C21H29N5O4/c1-16(27)22-17-6-4-7-18(14-17)30-13-5-8-25-9-11-26(12-10-25)19-15-20(28)24(3)21(29)23(19)2/h4,6-7,14-15H,5,8-13H2,1-3H3,(H,22,27). The fraction of sp³-hybridized carbons (Fsp3) is 0.476. The molecule has 1 amide bonds. The van der Waals surface area contributed by atoms with Crippen molar-refractivity contribution in [3.8, 4) is 5.75 Å². The van der Waals surface area contributed by atoms with Crippen LogP contribution in [0.3, 0.4) is 0 Å². The van der Waals surface area contributed by atoms with Crippen molar-refractivity contribution in [3.05, 3.63) is 51.2 Å². The number of anilines is 2. The van der Waals surface area contributed by atoms with Crippen molar-refractivity contribution in [2.75, 3.05) is 49.5 Å². The maximum Gasteiger partial charge on any atom is 0.332 e. The van der Waals surface area contributed by atoms with Crippen molar-refractivity contribution >= 4 is 17.4 Å². The molecule has 0 bridgehead atoms. The van der Waals surface area contributed by atoms with E-state index in [0.717, 1.165) is 55.1 Å². The van der Waals surface area contributed by atoms with Crippen molar-refractivity contribution in [2.45, 2.75) is 13.3 Å². The summed E-state index contributed by atoms with van der Waals surface area (Å²) in [6.07, 6.45) is 0.884. The molecule has 1 N–H and O–H groups in total. The molecule has 1 aromatic carbocycles. The van der Waals surface area contributed by atoms with E-state index in [2.05, 4.69) is 15.1 Å². The van der Waals surface area contributed by atoms with E-state index in [1.807, 2.05) is 24.3 Å². The minimum Gasteiger partial charge on any atom is -0.493 e. The topological polar surface area (TPSA) is 88.8 Å². The molecule has 0 radical (unpaired) electrons. The van der Waals surface area contributed by atoms with Crippen molar-refractivity contribution < 1.29 is 9.53 Å². The van der Waals surface area contributed by atoms with E-state index in [1.54, 1.807) is 7.05 Å². The van der Waals surface area contributed by atoms with Crippen molar-refractivity contribution in [1.82, 2.24) is 14.0 Å². The zero-order valence-corrected chi connectivity index (χ0v) is 17.8. The Bertz CT molecular complexity index is 1010. The number of carbonyl (C=O) groups is 1. The Hall–Kier alpha value is -3.07. The predicted molar refractivity (Wildman–Crippen MR) is 116 cm³/mol. The van der Waals surface area contributed by atoms with Gasteiger partial charge < -0.3 is 15.0 Å². The normalized spacial score (nSPS) is 14.6. The highest BCUT2D eigenvalue weighted by Crippen LogP contribution is 2.18. The molecule has 1 fully saturated rings. The number of nitrogens with zero attached hydrogens (tertiary/aromatic N) is 4. The number of hydrogen-bond donors (Lipinski definition) is 1. The summed E-state index contributed by atoms with van der Waals surface area (Å²) in [5, 5.41) is 2.74. The SMILES string of the molecule is CC(=O)Nc1cccc(OCCCN2CCN(c3cc(=O)n(C)c(=O)n3C)CC2)c1. The lowest BCUT2D eigenvalue weighted by Crippen LogP contribution is -2.49. The summed E-state index contributed by atoms with van der Waals surface area (Å²) in [6, 6.07) is 8.89. The molecule has 0 aliphatic carbocycles. The van der Waals surface area contributed by atoms with Gasteiger partial charge in [0.05, 0.1) is 6.61 Å². The lowest BCUT2D eigenvalue weighted by Gasteiger charge is -2.36. The average Bonchev–Trinajstić information content (AvgIpc) is 2.73. The molecule has 1 aliphatic heterocycles. The van der Waals surface area contributed by atoms with Gasteiger partial charge in [0.25, 0.3) is 5.56 Å². The molecule has 162 valence electrons. The van der Waals surface area contributed by atoms with Gasteiger partial charge in [-0.3, -0.25) is 23.6 Å². The molecule has 0 unspecified atom stereocenters. The first-order chi connectivity index (χ1) is 14.3. The van der Waals surface area contributed by atoms with Gasteiger partial charge in [0.2, 0.25) is 5.91 Å². The van der Waals surface area contributed by atoms with Gasteiger partial charge >= 0.3 is 5.69 Å². The fourth-order valence-electron chi connectivity index (χ4n) is 3.57. The number of nitrogens with one attached hydrogen (secondary N) is 1.